The van der Waals surface area contributed by atoms with Crippen molar-refractivity contribution in [2.75, 3.05) is 52.9 Å². The molecule has 682 valence electrons. The van der Waals surface area contributed by atoms with Gasteiger partial charge in [0.25, 0.3) is 11.8 Å². The van der Waals surface area contributed by atoms with E-state index >= 15 is 0 Å². The second-order valence-electron chi connectivity index (χ2n) is 31.1. The molecule has 0 aliphatic rings. The molecule has 0 radical (unpaired) electrons. The number of unbranched alkanes of at least 4 members (excludes halogenated alkanes) is 33. The van der Waals surface area contributed by atoms with Gasteiger partial charge in [-0.05, 0) is 210 Å². The zero-order valence-electron chi connectivity index (χ0n) is 73.8. The van der Waals surface area contributed by atoms with Gasteiger partial charge in [0.2, 0.25) is 0 Å². The van der Waals surface area contributed by atoms with Gasteiger partial charge in [0.15, 0.2) is 0 Å². The maximum atomic E-state index is 14.3. The molecule has 0 fully saturated rings. The summed E-state index contributed by atoms with van der Waals surface area (Å²) >= 11 is 0. The Kier molecular flexibility index (Phi) is 51.6. The second-order valence-corrected chi connectivity index (χ2v) is 31.1. The van der Waals surface area contributed by atoms with Crippen LogP contribution in [0, 0.1) is 0 Å². The van der Waals surface area contributed by atoms with Crippen LogP contribution in [-0.2, 0) is 51.0 Å². The highest BCUT2D eigenvalue weighted by Crippen LogP contribution is 2.36. The highest BCUT2D eigenvalue weighted by Gasteiger charge is 2.26. The molecule has 0 aromatic heterocycles. The molecular formula is C102H132N2O22. The first-order valence-electron chi connectivity index (χ1n) is 45.3. The predicted octanol–water partition coefficient (Wildman–Crippen LogP) is 21.8. The fraction of sp³-hybridized carbons (Fsp3) is 0.471. The van der Waals surface area contributed by atoms with Gasteiger partial charge in [0.05, 0.1) is 86.2 Å². The van der Waals surface area contributed by atoms with Crippen molar-refractivity contribution in [3.63, 3.8) is 0 Å². The Labute approximate surface area is 744 Å². The Morgan fingerprint density at radius 3 is 0.619 bits per heavy atom. The maximum Gasteiger partial charge on any atom is 0.343 e. The lowest BCUT2D eigenvalue weighted by Crippen LogP contribution is -2.19. The fourth-order valence-corrected chi connectivity index (χ4v) is 13.9. The Hall–Kier alpha value is -11.8. The van der Waals surface area contributed by atoms with Gasteiger partial charge in [0.1, 0.15) is 46.0 Å². The molecule has 0 saturated carbocycles. The number of rotatable bonds is 71. The Bertz CT molecular complexity index is 4050. The van der Waals surface area contributed by atoms with Crippen molar-refractivity contribution in [2.45, 2.75) is 257 Å². The monoisotopic (exact) mass is 1740 g/mol. The van der Waals surface area contributed by atoms with Crippen LogP contribution in [0.25, 0.3) is 0 Å². The van der Waals surface area contributed by atoms with Gasteiger partial charge >= 0.3 is 47.8 Å². The molecule has 4 N–H and O–H groups in total. The number of carbonyl (C=O) groups excluding carboxylic acids is 10. The predicted molar refractivity (Wildman–Crippen MR) is 485 cm³/mol. The number of primary amides is 2. The fourth-order valence-electron chi connectivity index (χ4n) is 13.9. The second kappa shape index (κ2) is 63.2. The number of carbonyl (C=O) groups is 10. The summed E-state index contributed by atoms with van der Waals surface area (Å²) in [7, 11) is 0. The van der Waals surface area contributed by atoms with E-state index in [4.69, 9.17) is 68.3 Å². The molecule has 0 spiro atoms. The third kappa shape index (κ3) is 43.2. The van der Waals surface area contributed by atoms with Crippen LogP contribution in [0.5, 0.6) is 46.0 Å². The molecule has 6 aromatic rings. The molecule has 0 unspecified atom stereocenters. The summed E-state index contributed by atoms with van der Waals surface area (Å²) in [6.45, 7) is 17.2. The first-order chi connectivity index (χ1) is 61.4. The van der Waals surface area contributed by atoms with Crippen molar-refractivity contribution < 1.29 is 105 Å². The molecule has 0 atom stereocenters. The Morgan fingerprint density at radius 1 is 0.230 bits per heavy atom. The van der Waals surface area contributed by atoms with Crippen molar-refractivity contribution in [1.29, 1.82) is 0 Å². The number of amides is 2. The third-order valence-corrected chi connectivity index (χ3v) is 21.0. The molecule has 126 heavy (non-hydrogen) atoms. The maximum absolute atomic E-state index is 14.3. The number of esters is 8. The normalized spacial score (nSPS) is 10.8. The molecule has 0 bridgehead atoms. The first-order valence-corrected chi connectivity index (χ1v) is 45.3. The minimum Gasteiger partial charge on any atom is -0.494 e. The van der Waals surface area contributed by atoms with Gasteiger partial charge < -0.3 is 68.3 Å². The van der Waals surface area contributed by atoms with Gasteiger partial charge in [0, 0.05) is 24.3 Å². The minimum absolute atomic E-state index is 0.0594. The van der Waals surface area contributed by atoms with E-state index in [9.17, 15) is 47.9 Å². The molecule has 24 heteroatoms. The van der Waals surface area contributed by atoms with Gasteiger partial charge in [-0.15, -0.1) is 0 Å². The average Bonchev–Trinajstić information content (AvgIpc) is 0.802. The molecular weight excluding hydrogens is 1610 g/mol. The average molecular weight is 1740 g/mol. The first kappa shape index (κ1) is 103. The van der Waals surface area contributed by atoms with Gasteiger partial charge in [-0.2, -0.15) is 0 Å². The molecule has 24 nitrogen and oxygen atoms in total. The van der Waals surface area contributed by atoms with Crippen molar-refractivity contribution in [2.24, 2.45) is 11.5 Å². The van der Waals surface area contributed by atoms with Crippen LogP contribution in [0.2, 0.25) is 0 Å². The van der Waals surface area contributed by atoms with Crippen LogP contribution in [0.4, 0.5) is 0 Å². The van der Waals surface area contributed by atoms with Crippen LogP contribution in [-0.4, -0.2) is 112 Å². The molecule has 0 heterocycles. The van der Waals surface area contributed by atoms with E-state index in [0.29, 0.717) is 75.9 Å². The lowest BCUT2D eigenvalue weighted by atomic mass is 9.98. The van der Waals surface area contributed by atoms with Crippen LogP contribution in [0.3, 0.4) is 0 Å². The van der Waals surface area contributed by atoms with E-state index in [0.717, 1.165) is 231 Å². The number of aryl methyl sites for hydroxylation is 2. The van der Waals surface area contributed by atoms with Gasteiger partial charge in [-0.25, -0.2) is 38.4 Å². The number of hydrogen-bond acceptors (Lipinski definition) is 22. The smallest absolute Gasteiger partial charge is 0.343 e. The van der Waals surface area contributed by atoms with E-state index in [1.54, 1.807) is 97.1 Å². The third-order valence-electron chi connectivity index (χ3n) is 21.0. The van der Waals surface area contributed by atoms with E-state index < -0.39 is 59.6 Å². The summed E-state index contributed by atoms with van der Waals surface area (Å²) in [4.78, 5) is 129. The molecule has 0 saturated heterocycles. The SMILES string of the molecule is C=CC(=O)OCCCCCCCCCCCOc1ccc(C(=O)Oc2cc(CCCCc3cc(OC(=O)c4ccc(OCCCCCCCCCCCOC(=O)C=C)cc4)cc(C(N)=O)c3OC(=O)c3ccc(OCCCCCCCCCCCOC(=O)C=C)cc3)c(OC(=O)c3ccc(OCCCCCCCCCCCOC(=O)C=C)cc3)c(C(N)=O)c2)cc1. The van der Waals surface area contributed by atoms with Crippen molar-refractivity contribution in [3.8, 4) is 46.0 Å². The minimum atomic E-state index is -0.992. The van der Waals surface area contributed by atoms with E-state index in [1.807, 2.05) is 0 Å². The number of benzene rings is 6. The number of hydrogen-bond donors (Lipinski definition) is 2. The van der Waals surface area contributed by atoms with Crippen molar-refractivity contribution in [1.82, 2.24) is 0 Å². The Morgan fingerprint density at radius 2 is 0.421 bits per heavy atom. The summed E-state index contributed by atoms with van der Waals surface area (Å²) in [6, 6.07) is 31.2. The standard InChI is InChI=1S/C102H132N2O22/c1-5-91(105)119-69-43-33-25-17-9-13-21-29-39-65-115-83-57-49-77(50-58-83)99(111)123-87-73-81(95(89(75-87)97(103)109)125-101(113)79-53-61-85(62-54-79)117-67-41-31-23-15-11-19-27-35-45-71-121-93(107)7-3)47-37-38-48-82-74-88(124-100(112)78-51-59-84(60-52-78)116-66-40-30-22-14-10-18-26-34-44-70-120-92(106)6-2)76-90(98(104)110)96(82)126-102(114)80-55-63-86(64-56-80)118-68-42-32-24-16-12-20-28-36-46-72-122-94(108)8-4/h5-8,49-64,73-76H,1-4,9-48,65-72H2,(H2,103,109)(H2,104,110). The van der Waals surface area contributed by atoms with Gasteiger partial charge in [-0.3, -0.25) is 9.59 Å². The summed E-state index contributed by atoms with van der Waals surface area (Å²) < 4.78 is 68.5. The molecule has 6 rings (SSSR count). The van der Waals surface area contributed by atoms with Gasteiger partial charge in [-0.1, -0.05) is 206 Å². The van der Waals surface area contributed by atoms with Crippen LogP contribution >= 0.6 is 0 Å². The summed E-state index contributed by atoms with van der Waals surface area (Å²) in [5.74, 6) is -5.09. The number of ether oxygens (including phenoxy) is 12. The number of nitrogens with two attached hydrogens (primary N) is 2. The quantitative estimate of drug-likeness (QED) is 0.0118. The summed E-state index contributed by atoms with van der Waals surface area (Å²) in [6.07, 6.45) is 41.9. The molecule has 0 aliphatic heterocycles. The largest absolute Gasteiger partial charge is 0.494 e. The highest BCUT2D eigenvalue weighted by atomic mass is 16.6. The van der Waals surface area contributed by atoms with Crippen LogP contribution in [0.15, 0.2) is 172 Å². The zero-order valence-corrected chi connectivity index (χ0v) is 73.8. The zero-order chi connectivity index (χ0) is 90.4. The lowest BCUT2D eigenvalue weighted by Gasteiger charge is -2.17. The molecule has 6 aromatic carbocycles. The van der Waals surface area contributed by atoms with E-state index in [2.05, 4.69) is 26.3 Å². The molecule has 2 amide bonds. The van der Waals surface area contributed by atoms with Crippen molar-refractivity contribution >= 4 is 59.6 Å². The highest BCUT2D eigenvalue weighted by molar-refractivity contribution is 6.01. The summed E-state index contributed by atoms with van der Waals surface area (Å²) in [5.41, 5.74) is 12.8. The van der Waals surface area contributed by atoms with E-state index in [-0.39, 0.29) is 93.2 Å². The summed E-state index contributed by atoms with van der Waals surface area (Å²) in [5, 5.41) is 0. The Balaban J connectivity index is 1.15. The van der Waals surface area contributed by atoms with E-state index in [1.165, 1.54) is 48.6 Å². The molecule has 0 aliphatic carbocycles. The van der Waals surface area contributed by atoms with Crippen molar-refractivity contribution in [3.05, 3.63) is 216 Å². The lowest BCUT2D eigenvalue weighted by molar-refractivity contribution is -0.138. The van der Waals surface area contributed by atoms with Crippen LogP contribution < -0.4 is 49.4 Å². The topological polar surface area (TPSA) is 333 Å². The van der Waals surface area contributed by atoms with Crippen LogP contribution in [0.1, 0.15) is 317 Å².